The maximum atomic E-state index is 13.4. The van der Waals surface area contributed by atoms with E-state index in [4.69, 9.17) is 0 Å². The number of hydrogen-bond acceptors (Lipinski definition) is 4. The van der Waals surface area contributed by atoms with Crippen LogP contribution in [-0.4, -0.2) is 58.5 Å². The van der Waals surface area contributed by atoms with E-state index >= 15 is 0 Å². The molecule has 1 atom stereocenters. The van der Waals surface area contributed by atoms with Crippen LogP contribution in [0.25, 0.3) is 5.69 Å². The van der Waals surface area contributed by atoms with Crippen molar-refractivity contribution < 1.29 is 14.1 Å². The number of nitrogens with zero attached hydrogens (tertiary/aromatic N) is 4. The Morgan fingerprint density at radius 3 is 2.39 bits per heavy atom. The number of rotatable bonds is 6. The van der Waals surface area contributed by atoms with Crippen LogP contribution in [0.5, 0.6) is 0 Å². The molecule has 0 saturated carbocycles. The Morgan fingerprint density at radius 2 is 1.79 bits per heavy atom. The number of nitrogens with one attached hydrogen (secondary N) is 1. The summed E-state index contributed by atoms with van der Waals surface area (Å²) >= 11 is 1.40. The van der Waals surface area contributed by atoms with Gasteiger partial charge in [-0.05, 0) is 44.0 Å². The molecule has 1 saturated heterocycles. The van der Waals surface area contributed by atoms with Gasteiger partial charge in [-0.1, -0.05) is 24.6 Å². The number of quaternary nitrogens is 1. The summed E-state index contributed by atoms with van der Waals surface area (Å²) < 4.78 is 15.4. The zero-order valence-electron chi connectivity index (χ0n) is 16.8. The first-order valence-corrected chi connectivity index (χ1v) is 10.9. The molecule has 28 heavy (non-hydrogen) atoms. The van der Waals surface area contributed by atoms with Crippen molar-refractivity contribution in [2.24, 2.45) is 0 Å². The van der Waals surface area contributed by atoms with Gasteiger partial charge < -0.3 is 9.80 Å². The summed E-state index contributed by atoms with van der Waals surface area (Å²) in [5.74, 6) is 1.00. The molecule has 1 N–H and O–H groups in total. The van der Waals surface area contributed by atoms with E-state index in [1.807, 2.05) is 9.47 Å². The highest BCUT2D eigenvalue weighted by Crippen LogP contribution is 2.25. The number of benzene rings is 1. The Balaban J connectivity index is 1.82. The van der Waals surface area contributed by atoms with Crippen LogP contribution in [0.3, 0.4) is 0 Å². The molecule has 152 valence electrons. The minimum Gasteiger partial charge on any atom is -0.342 e. The second-order valence-electron chi connectivity index (χ2n) is 7.54. The zero-order chi connectivity index (χ0) is 20.1. The number of aromatic nitrogens is 3. The lowest BCUT2D eigenvalue weighted by Crippen LogP contribution is -3.05. The van der Waals surface area contributed by atoms with Gasteiger partial charge in [-0.15, -0.1) is 10.2 Å². The minimum atomic E-state index is -0.282. The Hall–Kier alpha value is -1.93. The Bertz CT molecular complexity index is 784. The molecule has 1 aliphatic rings. The molecule has 1 aromatic heterocycles. The van der Waals surface area contributed by atoms with Crippen LogP contribution in [0.2, 0.25) is 0 Å². The first-order chi connectivity index (χ1) is 13.5. The molecule has 6 nitrogen and oxygen atoms in total. The molecule has 2 aromatic rings. The lowest BCUT2D eigenvalue weighted by molar-refractivity contribution is -0.890. The lowest BCUT2D eigenvalue weighted by atomic mass is 10.2. The van der Waals surface area contributed by atoms with Crippen molar-refractivity contribution in [3.8, 4) is 5.69 Å². The van der Waals surface area contributed by atoms with Gasteiger partial charge in [-0.3, -0.25) is 9.36 Å². The first-order valence-electron chi connectivity index (χ1n) is 9.89. The van der Waals surface area contributed by atoms with E-state index in [9.17, 15) is 9.18 Å². The molecule has 0 unspecified atom stereocenters. The topological polar surface area (TPSA) is 55.5 Å². The van der Waals surface area contributed by atoms with Crippen LogP contribution < -0.4 is 4.90 Å². The van der Waals surface area contributed by atoms with Crippen LogP contribution in [0, 0.1) is 5.82 Å². The maximum absolute atomic E-state index is 13.4. The van der Waals surface area contributed by atoms with Gasteiger partial charge in [0.1, 0.15) is 11.9 Å². The van der Waals surface area contributed by atoms with Gasteiger partial charge in [0, 0.05) is 18.8 Å². The largest absolute Gasteiger partial charge is 0.342 e. The summed E-state index contributed by atoms with van der Waals surface area (Å²) in [5, 5.41) is 9.41. The van der Waals surface area contributed by atoms with Gasteiger partial charge in [0.25, 0.3) is 0 Å². The predicted octanol–water partition coefficient (Wildman–Crippen LogP) is 2.11. The number of carbonyl (C=O) groups is 1. The van der Waals surface area contributed by atoms with Crippen molar-refractivity contribution in [2.75, 3.05) is 32.9 Å². The van der Waals surface area contributed by atoms with E-state index < -0.39 is 0 Å². The summed E-state index contributed by atoms with van der Waals surface area (Å²) in [7, 11) is 4.12. The van der Waals surface area contributed by atoms with E-state index in [2.05, 4.69) is 31.2 Å². The second kappa shape index (κ2) is 9.52. The summed E-state index contributed by atoms with van der Waals surface area (Å²) in [4.78, 5) is 15.8. The highest BCUT2D eigenvalue weighted by Gasteiger charge is 2.24. The molecule has 8 heteroatoms. The number of likely N-dealkylation sites (tertiary alicyclic amines) is 1. The van der Waals surface area contributed by atoms with Gasteiger partial charge in [0.2, 0.25) is 5.91 Å². The molecule has 1 aromatic carbocycles. The van der Waals surface area contributed by atoms with Crippen molar-refractivity contribution in [3.05, 3.63) is 35.9 Å². The van der Waals surface area contributed by atoms with Crippen molar-refractivity contribution in [1.82, 2.24) is 19.7 Å². The monoisotopic (exact) mass is 406 g/mol. The second-order valence-corrected chi connectivity index (χ2v) is 8.48. The smallest absolute Gasteiger partial charge is 0.233 e. The van der Waals surface area contributed by atoms with Crippen molar-refractivity contribution in [3.63, 3.8) is 0 Å². The molecular weight excluding hydrogens is 377 g/mol. The fourth-order valence-corrected chi connectivity index (χ4v) is 4.15. The summed E-state index contributed by atoms with van der Waals surface area (Å²) in [6, 6.07) is 6.42. The molecule has 1 amide bonds. The van der Waals surface area contributed by atoms with E-state index in [0.29, 0.717) is 10.9 Å². The Morgan fingerprint density at radius 1 is 1.14 bits per heavy atom. The van der Waals surface area contributed by atoms with Crippen LogP contribution in [0.15, 0.2) is 29.4 Å². The van der Waals surface area contributed by atoms with Crippen LogP contribution >= 0.6 is 11.8 Å². The Kier molecular flexibility index (Phi) is 7.07. The highest BCUT2D eigenvalue weighted by atomic mass is 32.2. The van der Waals surface area contributed by atoms with Crippen molar-refractivity contribution in [1.29, 1.82) is 0 Å². The quantitative estimate of drug-likeness (QED) is 0.747. The van der Waals surface area contributed by atoms with E-state index in [1.165, 1.54) is 41.6 Å². The molecule has 1 aliphatic heterocycles. The number of amides is 1. The number of halogens is 1. The minimum absolute atomic E-state index is 0.105. The first kappa shape index (κ1) is 20.8. The van der Waals surface area contributed by atoms with Gasteiger partial charge in [-0.2, -0.15) is 0 Å². The maximum Gasteiger partial charge on any atom is 0.233 e. The standard InChI is InChI=1S/C20H28FN5OS/c1-15(24(2)3)19-22-23-20(26(19)17-10-8-16(21)9-11-17)28-14-18(27)25-12-6-4-5-7-13-25/h8-11,15H,4-7,12-14H2,1-3H3/p+1/t15-/m0/s1. The molecule has 0 aliphatic carbocycles. The molecule has 3 rings (SSSR count). The van der Waals surface area contributed by atoms with Gasteiger partial charge in [0.15, 0.2) is 11.0 Å². The fourth-order valence-electron chi connectivity index (χ4n) is 3.28. The SMILES string of the molecule is C[C@@H](c1nnc(SCC(=O)N2CCCCCC2)n1-c1ccc(F)cc1)[NH+](C)C. The lowest BCUT2D eigenvalue weighted by Gasteiger charge is -2.20. The molecule has 1 fully saturated rings. The summed E-state index contributed by atoms with van der Waals surface area (Å²) in [5.41, 5.74) is 0.805. The van der Waals surface area contributed by atoms with E-state index in [1.54, 1.807) is 12.1 Å². The molecule has 0 spiro atoms. The predicted molar refractivity (Wildman–Crippen MR) is 108 cm³/mol. The van der Waals surface area contributed by atoms with Crippen LogP contribution in [0.4, 0.5) is 4.39 Å². The molecule has 2 heterocycles. The number of carbonyl (C=O) groups excluding carboxylic acids is 1. The third-order valence-corrected chi connectivity index (χ3v) is 6.19. The number of hydrogen-bond donors (Lipinski definition) is 1. The van der Waals surface area contributed by atoms with Crippen LogP contribution in [0.1, 0.15) is 44.5 Å². The summed E-state index contributed by atoms with van der Waals surface area (Å²) in [6.07, 6.45) is 4.55. The third-order valence-electron chi connectivity index (χ3n) is 5.28. The van der Waals surface area contributed by atoms with E-state index in [-0.39, 0.29) is 17.8 Å². The molecule has 0 radical (unpaired) electrons. The molecule has 0 bridgehead atoms. The van der Waals surface area contributed by atoms with Crippen molar-refractivity contribution in [2.45, 2.75) is 43.8 Å². The average Bonchev–Trinajstić information content (AvgIpc) is 2.91. The zero-order valence-corrected chi connectivity index (χ0v) is 17.6. The molecular formula is C20H29FN5OS+. The average molecular weight is 407 g/mol. The Labute approximate surface area is 170 Å². The normalized spacial score (nSPS) is 16.2. The fraction of sp³-hybridized carbons (Fsp3) is 0.550. The highest BCUT2D eigenvalue weighted by molar-refractivity contribution is 7.99. The number of thioether (sulfide) groups is 1. The van der Waals surface area contributed by atoms with Crippen LogP contribution in [-0.2, 0) is 4.79 Å². The summed E-state index contributed by atoms with van der Waals surface area (Å²) in [6.45, 7) is 3.77. The van der Waals surface area contributed by atoms with Gasteiger partial charge in [-0.25, -0.2) is 4.39 Å². The van der Waals surface area contributed by atoms with Gasteiger partial charge in [0.05, 0.1) is 19.8 Å². The van der Waals surface area contributed by atoms with Gasteiger partial charge >= 0.3 is 0 Å². The van der Waals surface area contributed by atoms with Crippen molar-refractivity contribution >= 4 is 17.7 Å². The third kappa shape index (κ3) is 4.91. The van der Waals surface area contributed by atoms with E-state index in [0.717, 1.165) is 37.4 Å².